The topological polar surface area (TPSA) is 102 Å². The van der Waals surface area contributed by atoms with Crippen LogP contribution in [-0.4, -0.2) is 72.9 Å². The van der Waals surface area contributed by atoms with Crippen molar-refractivity contribution < 1.29 is 19.5 Å². The van der Waals surface area contributed by atoms with Gasteiger partial charge in [-0.2, -0.15) is 0 Å². The molecule has 0 fully saturated rings. The number of aromatic hydroxyl groups is 1. The molecule has 4 rings (SSSR count). The molecule has 8 nitrogen and oxygen atoms in total. The van der Waals surface area contributed by atoms with Crippen molar-refractivity contribution in [3.05, 3.63) is 125 Å². The lowest BCUT2D eigenvalue weighted by molar-refractivity contribution is -0.133. The summed E-state index contributed by atoms with van der Waals surface area (Å²) in [5.74, 6) is -0.363. The second-order valence-corrected chi connectivity index (χ2v) is 11.0. The number of carbonyl (C=O) groups is 3. The summed E-state index contributed by atoms with van der Waals surface area (Å²) < 4.78 is 0. The van der Waals surface area contributed by atoms with Gasteiger partial charge in [0.2, 0.25) is 11.8 Å². The first-order valence-electron chi connectivity index (χ1n) is 14.8. The second kappa shape index (κ2) is 16.0. The van der Waals surface area contributed by atoms with Gasteiger partial charge >= 0.3 is 0 Å². The summed E-state index contributed by atoms with van der Waals surface area (Å²) >= 11 is 0. The van der Waals surface area contributed by atoms with Crippen LogP contribution >= 0.6 is 0 Å². The van der Waals surface area contributed by atoms with E-state index in [1.54, 1.807) is 17.0 Å². The summed E-state index contributed by atoms with van der Waals surface area (Å²) in [5.41, 5.74) is 5.04. The highest BCUT2D eigenvalue weighted by atomic mass is 16.3. The van der Waals surface area contributed by atoms with Crippen LogP contribution in [0.4, 0.5) is 0 Å². The predicted molar refractivity (Wildman–Crippen MR) is 173 cm³/mol. The van der Waals surface area contributed by atoms with Crippen LogP contribution in [0, 0.1) is 0 Å². The van der Waals surface area contributed by atoms with Crippen molar-refractivity contribution in [1.82, 2.24) is 20.4 Å². The van der Waals surface area contributed by atoms with E-state index >= 15 is 0 Å². The predicted octanol–water partition coefficient (Wildman–Crippen LogP) is 4.28. The number of carbonyl (C=O) groups excluding carboxylic acids is 3. The molecule has 0 bridgehead atoms. The Kier molecular flexibility index (Phi) is 11.7. The zero-order valence-corrected chi connectivity index (χ0v) is 25.3. The van der Waals surface area contributed by atoms with E-state index in [9.17, 15) is 19.5 Å². The molecule has 0 aliphatic rings. The zero-order chi connectivity index (χ0) is 31.3. The van der Waals surface area contributed by atoms with Gasteiger partial charge in [-0.25, -0.2) is 0 Å². The van der Waals surface area contributed by atoms with Gasteiger partial charge in [0.25, 0.3) is 5.91 Å². The molecule has 0 aromatic heterocycles. The third-order valence-corrected chi connectivity index (χ3v) is 7.23. The number of benzene rings is 4. The standard InChI is InChI=1S/C36H40N4O4/c1-39(2)22-20-37-36(44)33-14-7-6-13-32(33)30-12-8-11-29(23-30)26-40(21-19-27-15-17-31(41)18-16-27)35(43)25-38-34(42)24-28-9-4-3-5-10-28/h3-18,23,41H,19-22,24-26H2,1-2H3,(H,37,44)(H,38,42). The lowest BCUT2D eigenvalue weighted by Crippen LogP contribution is -2.41. The highest BCUT2D eigenvalue weighted by Crippen LogP contribution is 2.25. The number of phenols is 1. The summed E-state index contributed by atoms with van der Waals surface area (Å²) in [7, 11) is 3.92. The van der Waals surface area contributed by atoms with E-state index in [1.165, 1.54) is 0 Å². The van der Waals surface area contributed by atoms with Crippen molar-refractivity contribution in [2.24, 2.45) is 0 Å². The number of hydrogen-bond donors (Lipinski definition) is 3. The summed E-state index contributed by atoms with van der Waals surface area (Å²) in [6.45, 7) is 1.92. The molecule has 4 aromatic carbocycles. The molecule has 0 spiro atoms. The molecule has 0 heterocycles. The van der Waals surface area contributed by atoms with Crippen molar-refractivity contribution in [3.8, 4) is 16.9 Å². The van der Waals surface area contributed by atoms with E-state index in [0.29, 0.717) is 31.6 Å². The normalized spacial score (nSPS) is 10.8. The van der Waals surface area contributed by atoms with E-state index in [-0.39, 0.29) is 36.4 Å². The maximum atomic E-state index is 13.4. The van der Waals surface area contributed by atoms with Crippen molar-refractivity contribution in [2.75, 3.05) is 40.3 Å². The van der Waals surface area contributed by atoms with Gasteiger partial charge in [-0.05, 0) is 72.6 Å². The number of hydrogen-bond acceptors (Lipinski definition) is 5. The molecule has 228 valence electrons. The number of amides is 3. The number of rotatable bonds is 14. The summed E-state index contributed by atoms with van der Waals surface area (Å²) in [6, 6.07) is 31.7. The average molecular weight is 593 g/mol. The van der Waals surface area contributed by atoms with Gasteiger partial charge in [0.15, 0.2) is 0 Å². The Hall–Kier alpha value is -4.95. The molecule has 3 N–H and O–H groups in total. The maximum Gasteiger partial charge on any atom is 0.251 e. The van der Waals surface area contributed by atoms with E-state index in [2.05, 4.69) is 10.6 Å². The quantitative estimate of drug-likeness (QED) is 0.203. The van der Waals surface area contributed by atoms with Gasteiger partial charge in [0, 0.05) is 31.7 Å². The highest BCUT2D eigenvalue weighted by molar-refractivity contribution is 6.00. The Morgan fingerprint density at radius 2 is 1.43 bits per heavy atom. The lowest BCUT2D eigenvalue weighted by atomic mass is 9.97. The number of likely N-dealkylation sites (N-methyl/N-ethyl adjacent to an activating group) is 1. The molecule has 0 radical (unpaired) electrons. The van der Waals surface area contributed by atoms with Crippen molar-refractivity contribution in [1.29, 1.82) is 0 Å². The van der Waals surface area contributed by atoms with Gasteiger partial charge in [-0.15, -0.1) is 0 Å². The lowest BCUT2D eigenvalue weighted by Gasteiger charge is -2.24. The molecular formula is C36H40N4O4. The van der Waals surface area contributed by atoms with Crippen LogP contribution in [-0.2, 0) is 29.0 Å². The summed E-state index contributed by atoms with van der Waals surface area (Å²) in [4.78, 5) is 42.8. The fourth-order valence-electron chi connectivity index (χ4n) is 4.83. The van der Waals surface area contributed by atoms with Crippen molar-refractivity contribution in [3.63, 3.8) is 0 Å². The first kappa shape index (κ1) is 32.0. The fourth-order valence-corrected chi connectivity index (χ4v) is 4.83. The molecule has 3 amide bonds. The SMILES string of the molecule is CN(C)CCNC(=O)c1ccccc1-c1cccc(CN(CCc2ccc(O)cc2)C(=O)CNC(=O)Cc2ccccc2)c1. The van der Waals surface area contributed by atoms with Gasteiger partial charge in [0.1, 0.15) is 5.75 Å². The Morgan fingerprint density at radius 3 is 2.18 bits per heavy atom. The van der Waals surface area contributed by atoms with Crippen LogP contribution in [0.15, 0.2) is 103 Å². The van der Waals surface area contributed by atoms with Crippen LogP contribution in [0.1, 0.15) is 27.0 Å². The van der Waals surface area contributed by atoms with Crippen molar-refractivity contribution >= 4 is 17.7 Å². The van der Waals surface area contributed by atoms with E-state index in [0.717, 1.165) is 34.4 Å². The second-order valence-electron chi connectivity index (χ2n) is 11.0. The monoisotopic (exact) mass is 592 g/mol. The molecule has 8 heteroatoms. The number of phenolic OH excluding ortho intramolecular Hbond substituents is 1. The van der Waals surface area contributed by atoms with Crippen LogP contribution < -0.4 is 10.6 Å². The molecule has 0 aliphatic carbocycles. The summed E-state index contributed by atoms with van der Waals surface area (Å²) in [5, 5.41) is 15.4. The van der Waals surface area contributed by atoms with Gasteiger partial charge in [-0.1, -0.05) is 78.9 Å². The molecule has 4 aromatic rings. The Morgan fingerprint density at radius 1 is 0.727 bits per heavy atom. The third-order valence-electron chi connectivity index (χ3n) is 7.23. The van der Waals surface area contributed by atoms with Crippen LogP contribution in [0.25, 0.3) is 11.1 Å². The van der Waals surface area contributed by atoms with Gasteiger partial charge in [-0.3, -0.25) is 14.4 Å². The Balaban J connectivity index is 1.49. The Labute approximate surface area is 259 Å². The number of nitrogens with zero attached hydrogens (tertiary/aromatic N) is 2. The minimum absolute atomic E-state index is 0.114. The van der Waals surface area contributed by atoms with Gasteiger partial charge < -0.3 is 25.5 Å². The third kappa shape index (κ3) is 9.81. The fraction of sp³-hybridized carbons (Fsp3) is 0.250. The molecule has 44 heavy (non-hydrogen) atoms. The first-order valence-corrected chi connectivity index (χ1v) is 14.8. The summed E-state index contributed by atoms with van der Waals surface area (Å²) in [6.07, 6.45) is 0.783. The average Bonchev–Trinajstić information content (AvgIpc) is 3.03. The van der Waals surface area contributed by atoms with E-state index in [1.807, 2.05) is 110 Å². The molecule has 0 atom stereocenters. The van der Waals surface area contributed by atoms with E-state index in [4.69, 9.17) is 0 Å². The zero-order valence-electron chi connectivity index (χ0n) is 25.3. The first-order chi connectivity index (χ1) is 21.3. The van der Waals surface area contributed by atoms with Crippen LogP contribution in [0.5, 0.6) is 5.75 Å². The van der Waals surface area contributed by atoms with Crippen LogP contribution in [0.2, 0.25) is 0 Å². The Bertz CT molecular complexity index is 1540. The maximum absolute atomic E-state index is 13.4. The molecule has 0 aliphatic heterocycles. The molecule has 0 saturated carbocycles. The number of nitrogens with one attached hydrogen (secondary N) is 2. The van der Waals surface area contributed by atoms with Crippen molar-refractivity contribution in [2.45, 2.75) is 19.4 Å². The molecule has 0 unspecified atom stereocenters. The highest BCUT2D eigenvalue weighted by Gasteiger charge is 2.17. The smallest absolute Gasteiger partial charge is 0.251 e. The van der Waals surface area contributed by atoms with Crippen LogP contribution in [0.3, 0.4) is 0 Å². The molecule has 0 saturated heterocycles. The molecular weight excluding hydrogens is 552 g/mol. The minimum Gasteiger partial charge on any atom is -0.508 e. The van der Waals surface area contributed by atoms with E-state index < -0.39 is 0 Å². The minimum atomic E-state index is -0.217. The van der Waals surface area contributed by atoms with Gasteiger partial charge in [0.05, 0.1) is 13.0 Å². The largest absolute Gasteiger partial charge is 0.508 e.